The molecular formula is C28H41N3OS2. The minimum absolute atomic E-state index is 0.0121. The highest BCUT2D eigenvalue weighted by Crippen LogP contribution is 2.34. The maximum atomic E-state index is 13.8. The number of pyridine rings is 1. The van der Waals surface area contributed by atoms with Gasteiger partial charge in [0.05, 0.1) is 5.69 Å². The number of aromatic nitrogens is 1. The average Bonchev–Trinajstić information content (AvgIpc) is 3.07. The number of urea groups is 1. The van der Waals surface area contributed by atoms with Gasteiger partial charge in [0.1, 0.15) is 5.03 Å². The van der Waals surface area contributed by atoms with Crippen molar-refractivity contribution in [1.29, 1.82) is 0 Å². The van der Waals surface area contributed by atoms with Gasteiger partial charge in [0.15, 0.2) is 0 Å². The van der Waals surface area contributed by atoms with Gasteiger partial charge < -0.3 is 10.2 Å². The van der Waals surface area contributed by atoms with Gasteiger partial charge in [-0.15, -0.1) is 23.5 Å². The quantitative estimate of drug-likeness (QED) is 0.308. The van der Waals surface area contributed by atoms with E-state index in [0.717, 1.165) is 40.6 Å². The van der Waals surface area contributed by atoms with E-state index in [1.54, 1.807) is 23.5 Å². The number of amides is 2. The number of carbonyl (C=O) groups excluding carboxylic acids is 1. The number of hydrogen-bond donors (Lipinski definition) is 1. The third kappa shape index (κ3) is 7.67. The van der Waals surface area contributed by atoms with E-state index in [2.05, 4.69) is 72.6 Å². The molecule has 0 spiro atoms. The lowest BCUT2D eigenvalue weighted by atomic mass is 9.88. The van der Waals surface area contributed by atoms with Crippen LogP contribution in [0.1, 0.15) is 76.1 Å². The third-order valence-corrected chi connectivity index (χ3v) is 7.80. The van der Waals surface area contributed by atoms with Crippen molar-refractivity contribution in [3.8, 4) is 0 Å². The zero-order chi connectivity index (χ0) is 24.7. The van der Waals surface area contributed by atoms with E-state index in [9.17, 15) is 4.79 Å². The average molecular weight is 500 g/mol. The Bertz CT molecular complexity index is 920. The first-order valence-electron chi connectivity index (χ1n) is 12.4. The highest BCUT2D eigenvalue weighted by atomic mass is 32.2. The molecule has 1 aliphatic rings. The Labute approximate surface area is 215 Å². The number of hydrogen-bond acceptors (Lipinski definition) is 4. The van der Waals surface area contributed by atoms with Gasteiger partial charge >= 0.3 is 6.03 Å². The van der Waals surface area contributed by atoms with Crippen molar-refractivity contribution in [1.82, 2.24) is 9.88 Å². The number of aryl methyl sites for hydroxylation is 1. The molecule has 3 rings (SSSR count). The minimum atomic E-state index is -0.0121. The first-order chi connectivity index (χ1) is 16.2. The van der Waals surface area contributed by atoms with Crippen LogP contribution in [-0.2, 0) is 13.0 Å². The number of rotatable bonds is 7. The summed E-state index contributed by atoms with van der Waals surface area (Å²) in [5, 5.41) is 4.15. The van der Waals surface area contributed by atoms with Crippen LogP contribution in [0.15, 0.2) is 40.3 Å². The van der Waals surface area contributed by atoms with E-state index in [1.165, 1.54) is 36.8 Å². The predicted octanol–water partition coefficient (Wildman–Crippen LogP) is 8.18. The van der Waals surface area contributed by atoms with Crippen molar-refractivity contribution in [2.45, 2.75) is 95.1 Å². The fourth-order valence-corrected chi connectivity index (χ4v) is 6.03. The van der Waals surface area contributed by atoms with Crippen LogP contribution in [0.2, 0.25) is 0 Å². The van der Waals surface area contributed by atoms with Crippen molar-refractivity contribution in [2.24, 2.45) is 5.41 Å². The van der Waals surface area contributed by atoms with Gasteiger partial charge in [-0.05, 0) is 61.3 Å². The Balaban J connectivity index is 1.85. The highest BCUT2D eigenvalue weighted by molar-refractivity contribution is 7.99. The van der Waals surface area contributed by atoms with E-state index < -0.39 is 0 Å². The second kappa shape index (κ2) is 12.3. The molecule has 186 valence electrons. The van der Waals surface area contributed by atoms with E-state index in [-0.39, 0.29) is 17.5 Å². The Morgan fingerprint density at radius 3 is 2.21 bits per heavy atom. The summed E-state index contributed by atoms with van der Waals surface area (Å²) in [5.41, 5.74) is 4.62. The first-order valence-corrected chi connectivity index (χ1v) is 14.9. The van der Waals surface area contributed by atoms with Gasteiger partial charge in [-0.25, -0.2) is 9.78 Å². The summed E-state index contributed by atoms with van der Waals surface area (Å²) >= 11 is 3.24. The Morgan fingerprint density at radius 1 is 1.03 bits per heavy atom. The monoisotopic (exact) mass is 499 g/mol. The number of benzene rings is 1. The van der Waals surface area contributed by atoms with Crippen molar-refractivity contribution >= 4 is 35.2 Å². The van der Waals surface area contributed by atoms with Gasteiger partial charge in [-0.3, -0.25) is 0 Å². The highest BCUT2D eigenvalue weighted by Gasteiger charge is 2.26. The number of anilines is 1. The topological polar surface area (TPSA) is 45.2 Å². The molecule has 0 unspecified atom stereocenters. The molecule has 1 saturated carbocycles. The molecule has 0 aliphatic heterocycles. The summed E-state index contributed by atoms with van der Waals surface area (Å²) in [7, 11) is 0. The second-order valence-electron chi connectivity index (χ2n) is 10.6. The molecular weight excluding hydrogens is 458 g/mol. The number of nitrogens with zero attached hydrogens (tertiary/aromatic N) is 2. The smallest absolute Gasteiger partial charge is 0.317 e. The van der Waals surface area contributed by atoms with Crippen LogP contribution in [0, 0.1) is 12.3 Å². The number of nitrogens with one attached hydrogen (secondary N) is 1. The van der Waals surface area contributed by atoms with E-state index in [1.807, 2.05) is 13.2 Å². The molecule has 0 radical (unpaired) electrons. The predicted molar refractivity (Wildman–Crippen MR) is 148 cm³/mol. The molecule has 1 aromatic carbocycles. The van der Waals surface area contributed by atoms with Crippen LogP contribution in [0.5, 0.6) is 0 Å². The van der Waals surface area contributed by atoms with Gasteiger partial charge in [0.2, 0.25) is 0 Å². The van der Waals surface area contributed by atoms with Crippen LogP contribution < -0.4 is 5.32 Å². The maximum absolute atomic E-state index is 13.8. The molecule has 6 heteroatoms. The second-order valence-corrected chi connectivity index (χ2v) is 12.3. The Kier molecular flexibility index (Phi) is 9.78. The van der Waals surface area contributed by atoms with E-state index in [0.29, 0.717) is 6.54 Å². The molecule has 0 atom stereocenters. The van der Waals surface area contributed by atoms with Gasteiger partial charge in [-0.2, -0.15) is 0 Å². The summed E-state index contributed by atoms with van der Waals surface area (Å²) in [6.45, 7) is 9.45. The molecule has 1 fully saturated rings. The molecule has 1 aromatic heterocycles. The molecule has 1 aliphatic carbocycles. The lowest BCUT2D eigenvalue weighted by Crippen LogP contribution is -2.42. The van der Waals surface area contributed by atoms with E-state index in [4.69, 9.17) is 0 Å². The van der Waals surface area contributed by atoms with Crippen molar-refractivity contribution in [3.05, 3.63) is 47.2 Å². The van der Waals surface area contributed by atoms with Crippen molar-refractivity contribution < 1.29 is 4.79 Å². The maximum Gasteiger partial charge on any atom is 0.322 e. The third-order valence-electron chi connectivity index (χ3n) is 6.36. The Morgan fingerprint density at radius 2 is 1.65 bits per heavy atom. The fraction of sp³-hybridized carbons (Fsp3) is 0.571. The standard InChI is InChI=1S/C28H41N3OS2/c1-20-17-24(33-5)25(26(29-20)34-6)30-27(32)31(23-11-9-7-8-10-12-23)19-22-15-13-21(14-16-22)18-28(2,3)4/h13-17,23H,7-12,18-19H2,1-6H3,(H,30,32). The molecule has 2 amide bonds. The largest absolute Gasteiger partial charge is 0.322 e. The van der Waals surface area contributed by atoms with Crippen LogP contribution in [0.25, 0.3) is 0 Å². The summed E-state index contributed by atoms with van der Waals surface area (Å²) in [6.07, 6.45) is 12.2. The molecule has 1 N–H and O–H groups in total. The molecule has 4 nitrogen and oxygen atoms in total. The van der Waals surface area contributed by atoms with Crippen LogP contribution >= 0.6 is 23.5 Å². The van der Waals surface area contributed by atoms with Gasteiger partial charge in [0.25, 0.3) is 0 Å². The molecule has 1 heterocycles. The summed E-state index contributed by atoms with van der Waals surface area (Å²) in [6, 6.07) is 11.2. The normalized spacial score (nSPS) is 15.1. The van der Waals surface area contributed by atoms with Crippen molar-refractivity contribution in [3.63, 3.8) is 0 Å². The fourth-order valence-electron chi connectivity index (χ4n) is 4.73. The SMILES string of the molecule is CSc1cc(C)nc(SC)c1NC(=O)N(Cc1ccc(CC(C)(C)C)cc1)C1CCCCCC1. The van der Waals surface area contributed by atoms with Crippen LogP contribution in [0.4, 0.5) is 10.5 Å². The van der Waals surface area contributed by atoms with Crippen LogP contribution in [-0.4, -0.2) is 34.5 Å². The summed E-state index contributed by atoms with van der Waals surface area (Å²) < 4.78 is 0. The number of carbonyl (C=O) groups is 1. The zero-order valence-electron chi connectivity index (χ0n) is 21.7. The number of thioether (sulfide) groups is 2. The van der Waals surface area contributed by atoms with E-state index >= 15 is 0 Å². The molecule has 0 saturated heterocycles. The lowest BCUT2D eigenvalue weighted by Gasteiger charge is -2.32. The summed E-state index contributed by atoms with van der Waals surface area (Å²) in [5.74, 6) is 0. The van der Waals surface area contributed by atoms with Gasteiger partial charge in [-0.1, -0.05) is 70.7 Å². The van der Waals surface area contributed by atoms with Gasteiger partial charge in [0, 0.05) is 23.2 Å². The zero-order valence-corrected chi connectivity index (χ0v) is 23.4. The molecule has 0 bridgehead atoms. The first kappa shape index (κ1) is 26.9. The minimum Gasteiger partial charge on any atom is -0.317 e. The molecule has 2 aromatic rings. The lowest BCUT2D eigenvalue weighted by molar-refractivity contribution is 0.175. The Hall–Kier alpha value is -1.66. The van der Waals surface area contributed by atoms with Crippen molar-refractivity contribution in [2.75, 3.05) is 17.8 Å². The van der Waals surface area contributed by atoms with Crippen LogP contribution in [0.3, 0.4) is 0 Å². The summed E-state index contributed by atoms with van der Waals surface area (Å²) in [4.78, 5) is 21.6. The molecule has 34 heavy (non-hydrogen) atoms.